The predicted molar refractivity (Wildman–Crippen MR) is 95.8 cm³/mol. The van der Waals surface area contributed by atoms with Gasteiger partial charge in [-0.3, -0.25) is 9.78 Å². The summed E-state index contributed by atoms with van der Waals surface area (Å²) in [5.41, 5.74) is 1.92. The molecule has 0 aliphatic carbocycles. The first kappa shape index (κ1) is 17.2. The summed E-state index contributed by atoms with van der Waals surface area (Å²) in [6, 6.07) is 13.5. The van der Waals surface area contributed by atoms with Gasteiger partial charge in [0, 0.05) is 31.0 Å². The number of rotatable bonds is 7. The van der Waals surface area contributed by atoms with E-state index in [1.807, 2.05) is 42.2 Å². The lowest BCUT2D eigenvalue weighted by Crippen LogP contribution is -2.31. The van der Waals surface area contributed by atoms with Crippen molar-refractivity contribution in [1.29, 1.82) is 0 Å². The van der Waals surface area contributed by atoms with Crippen molar-refractivity contribution >= 4 is 17.7 Å². The molecular formula is C18H18N4O2S. The number of carbonyl (C=O) groups is 1. The van der Waals surface area contributed by atoms with Crippen LogP contribution in [0.4, 0.5) is 0 Å². The van der Waals surface area contributed by atoms with E-state index in [9.17, 15) is 4.79 Å². The Morgan fingerprint density at radius 2 is 1.88 bits per heavy atom. The molecule has 0 unspecified atom stereocenters. The van der Waals surface area contributed by atoms with Gasteiger partial charge in [-0.15, -0.1) is 10.2 Å². The highest BCUT2D eigenvalue weighted by Gasteiger charge is 2.15. The standard InChI is InChI=1S/C18H18N4O2S/c1-2-22(12-14-6-4-3-5-7-14)16(23)13-25-18-21-20-17(24-18)15-8-10-19-11-9-15/h3-11H,2,12-13H2,1H3. The largest absolute Gasteiger partial charge is 0.411 e. The first-order chi connectivity index (χ1) is 12.3. The quantitative estimate of drug-likeness (QED) is 0.606. The third kappa shape index (κ3) is 4.67. The number of hydrogen-bond acceptors (Lipinski definition) is 6. The Balaban J connectivity index is 1.57. The second kappa shape index (κ2) is 8.43. The summed E-state index contributed by atoms with van der Waals surface area (Å²) in [6.45, 7) is 3.23. The van der Waals surface area contributed by atoms with Gasteiger partial charge in [0.1, 0.15) is 0 Å². The van der Waals surface area contributed by atoms with Crippen molar-refractivity contribution in [3.8, 4) is 11.5 Å². The Kier molecular flexibility index (Phi) is 5.79. The molecule has 0 bridgehead atoms. The van der Waals surface area contributed by atoms with E-state index in [0.717, 1.165) is 11.1 Å². The van der Waals surface area contributed by atoms with Gasteiger partial charge in [-0.2, -0.15) is 0 Å². The van der Waals surface area contributed by atoms with E-state index in [1.54, 1.807) is 24.5 Å². The molecule has 3 rings (SSSR count). The van der Waals surface area contributed by atoms with Gasteiger partial charge >= 0.3 is 0 Å². The number of pyridine rings is 1. The molecule has 0 saturated heterocycles. The van der Waals surface area contributed by atoms with Gasteiger partial charge in [0.25, 0.3) is 5.22 Å². The lowest BCUT2D eigenvalue weighted by Gasteiger charge is -2.20. The number of benzene rings is 1. The van der Waals surface area contributed by atoms with Crippen LogP contribution in [0.1, 0.15) is 12.5 Å². The van der Waals surface area contributed by atoms with Crippen LogP contribution in [0.15, 0.2) is 64.5 Å². The third-order valence-corrected chi connectivity index (χ3v) is 4.41. The minimum absolute atomic E-state index is 0.0417. The number of carbonyl (C=O) groups excluding carboxylic acids is 1. The molecule has 0 N–H and O–H groups in total. The Labute approximate surface area is 150 Å². The first-order valence-corrected chi connectivity index (χ1v) is 8.93. The molecule has 2 aromatic heterocycles. The van der Waals surface area contributed by atoms with Crippen molar-refractivity contribution in [1.82, 2.24) is 20.1 Å². The van der Waals surface area contributed by atoms with Gasteiger partial charge in [0.15, 0.2) is 0 Å². The van der Waals surface area contributed by atoms with Crippen LogP contribution in [0.25, 0.3) is 11.5 Å². The zero-order valence-electron chi connectivity index (χ0n) is 13.8. The smallest absolute Gasteiger partial charge is 0.277 e. The maximum atomic E-state index is 12.4. The summed E-state index contributed by atoms with van der Waals surface area (Å²) >= 11 is 1.25. The van der Waals surface area contributed by atoms with E-state index in [0.29, 0.717) is 24.2 Å². The number of amides is 1. The number of hydrogen-bond donors (Lipinski definition) is 0. The Morgan fingerprint density at radius 3 is 2.60 bits per heavy atom. The molecule has 3 aromatic rings. The number of aromatic nitrogens is 3. The molecule has 0 atom stereocenters. The van der Waals surface area contributed by atoms with E-state index < -0.39 is 0 Å². The molecule has 0 aliphatic rings. The SMILES string of the molecule is CCN(Cc1ccccc1)C(=O)CSc1nnc(-c2ccncc2)o1. The van der Waals surface area contributed by atoms with Crippen LogP contribution >= 0.6 is 11.8 Å². The van der Waals surface area contributed by atoms with Crippen LogP contribution in [0, 0.1) is 0 Å². The molecule has 1 aromatic carbocycles. The van der Waals surface area contributed by atoms with Gasteiger partial charge in [0.05, 0.1) is 5.75 Å². The molecule has 0 aliphatic heterocycles. The van der Waals surface area contributed by atoms with Crippen LogP contribution in [-0.4, -0.2) is 38.3 Å². The van der Waals surface area contributed by atoms with Crippen molar-refractivity contribution in [3.05, 3.63) is 60.4 Å². The van der Waals surface area contributed by atoms with Crippen LogP contribution in [-0.2, 0) is 11.3 Å². The fourth-order valence-electron chi connectivity index (χ4n) is 2.27. The van der Waals surface area contributed by atoms with Gasteiger partial charge in [-0.1, -0.05) is 42.1 Å². The second-order valence-corrected chi connectivity index (χ2v) is 6.22. The average molecular weight is 354 g/mol. The zero-order valence-corrected chi connectivity index (χ0v) is 14.6. The molecule has 25 heavy (non-hydrogen) atoms. The molecule has 7 heteroatoms. The number of nitrogens with zero attached hydrogens (tertiary/aromatic N) is 4. The van der Waals surface area contributed by atoms with E-state index >= 15 is 0 Å². The summed E-state index contributed by atoms with van der Waals surface area (Å²) in [5, 5.41) is 8.38. The fourth-order valence-corrected chi connectivity index (χ4v) is 2.94. The van der Waals surface area contributed by atoms with Gasteiger partial charge in [-0.25, -0.2) is 0 Å². The van der Waals surface area contributed by atoms with Crippen LogP contribution in [0.3, 0.4) is 0 Å². The van der Waals surface area contributed by atoms with E-state index in [-0.39, 0.29) is 11.7 Å². The van der Waals surface area contributed by atoms with Gasteiger partial charge in [-0.05, 0) is 24.6 Å². The van der Waals surface area contributed by atoms with Crippen LogP contribution in [0.2, 0.25) is 0 Å². The summed E-state index contributed by atoms with van der Waals surface area (Å²) in [7, 11) is 0. The molecule has 6 nitrogen and oxygen atoms in total. The maximum absolute atomic E-state index is 12.4. The molecule has 128 valence electrons. The van der Waals surface area contributed by atoms with E-state index in [4.69, 9.17) is 4.42 Å². The Bertz CT molecular complexity index is 808. The summed E-state index contributed by atoms with van der Waals surface area (Å²) in [4.78, 5) is 18.2. The monoisotopic (exact) mass is 354 g/mol. The van der Waals surface area contributed by atoms with E-state index in [2.05, 4.69) is 15.2 Å². The summed E-state index contributed by atoms with van der Waals surface area (Å²) in [5.74, 6) is 0.729. The minimum atomic E-state index is 0.0417. The Morgan fingerprint density at radius 1 is 1.12 bits per heavy atom. The molecular weight excluding hydrogens is 336 g/mol. The second-order valence-electron chi connectivity index (χ2n) is 5.29. The maximum Gasteiger partial charge on any atom is 0.277 e. The van der Waals surface area contributed by atoms with Crippen LogP contribution < -0.4 is 0 Å². The highest BCUT2D eigenvalue weighted by atomic mass is 32.2. The van der Waals surface area contributed by atoms with Crippen molar-refractivity contribution < 1.29 is 9.21 Å². The molecule has 0 radical (unpaired) electrons. The topological polar surface area (TPSA) is 72.1 Å². The molecule has 0 spiro atoms. The minimum Gasteiger partial charge on any atom is -0.411 e. The highest BCUT2D eigenvalue weighted by molar-refractivity contribution is 7.99. The molecule has 0 fully saturated rings. The van der Waals surface area contributed by atoms with Crippen molar-refractivity contribution in [2.75, 3.05) is 12.3 Å². The molecule has 0 saturated carbocycles. The van der Waals surface area contributed by atoms with E-state index in [1.165, 1.54) is 11.8 Å². The highest BCUT2D eigenvalue weighted by Crippen LogP contribution is 2.23. The Hall–Kier alpha value is -2.67. The van der Waals surface area contributed by atoms with Crippen molar-refractivity contribution in [2.45, 2.75) is 18.7 Å². The molecule has 2 heterocycles. The lowest BCUT2D eigenvalue weighted by atomic mass is 10.2. The fraction of sp³-hybridized carbons (Fsp3) is 0.222. The average Bonchev–Trinajstić information content (AvgIpc) is 3.15. The predicted octanol–water partition coefficient (Wildman–Crippen LogP) is 3.27. The third-order valence-electron chi connectivity index (χ3n) is 3.60. The lowest BCUT2D eigenvalue weighted by molar-refractivity contribution is -0.128. The first-order valence-electron chi connectivity index (χ1n) is 7.94. The number of thioether (sulfide) groups is 1. The van der Waals surface area contributed by atoms with Crippen molar-refractivity contribution in [3.63, 3.8) is 0 Å². The normalized spacial score (nSPS) is 10.6. The summed E-state index contributed by atoms with van der Waals surface area (Å²) in [6.07, 6.45) is 3.33. The summed E-state index contributed by atoms with van der Waals surface area (Å²) < 4.78 is 5.59. The van der Waals surface area contributed by atoms with Crippen molar-refractivity contribution in [2.24, 2.45) is 0 Å². The molecule has 1 amide bonds. The zero-order chi connectivity index (χ0) is 17.5. The van der Waals surface area contributed by atoms with Gasteiger partial charge in [0.2, 0.25) is 11.8 Å². The van der Waals surface area contributed by atoms with Gasteiger partial charge < -0.3 is 9.32 Å². The van der Waals surface area contributed by atoms with Crippen LogP contribution in [0.5, 0.6) is 0 Å².